The summed E-state index contributed by atoms with van der Waals surface area (Å²) in [7, 11) is 0. The van der Waals surface area contributed by atoms with Crippen molar-refractivity contribution in [3.8, 4) is 11.8 Å². The molecule has 2 aromatic rings. The molecule has 4 heteroatoms. The zero-order valence-corrected chi connectivity index (χ0v) is 11.5. The van der Waals surface area contributed by atoms with Crippen LogP contribution in [0.3, 0.4) is 0 Å². The summed E-state index contributed by atoms with van der Waals surface area (Å²) in [6, 6.07) is 15.5. The molecule has 0 unspecified atom stereocenters. The van der Waals surface area contributed by atoms with Crippen molar-refractivity contribution in [3.05, 3.63) is 65.5 Å². The lowest BCUT2D eigenvalue weighted by Crippen LogP contribution is -2.09. The van der Waals surface area contributed by atoms with E-state index in [-0.39, 0.29) is 11.7 Å². The van der Waals surface area contributed by atoms with Gasteiger partial charge in [0.2, 0.25) is 0 Å². The Labute approximate surface area is 122 Å². The molecule has 20 heavy (non-hydrogen) atoms. The summed E-state index contributed by atoms with van der Waals surface area (Å²) in [4.78, 5) is 0. The van der Waals surface area contributed by atoms with Crippen LogP contribution in [0, 0.1) is 17.1 Å². The average Bonchev–Trinajstić information content (AvgIpc) is 2.49. The Morgan fingerprint density at radius 3 is 2.60 bits per heavy atom. The first-order valence-electron chi connectivity index (χ1n) is 6.22. The maximum absolute atomic E-state index is 13.1. The molecule has 0 radical (unpaired) electrons. The van der Waals surface area contributed by atoms with Crippen molar-refractivity contribution in [2.24, 2.45) is 0 Å². The summed E-state index contributed by atoms with van der Waals surface area (Å²) in [6.07, 6.45) is 0.347. The summed E-state index contributed by atoms with van der Waals surface area (Å²) in [5.74, 6) is 0.346. The van der Waals surface area contributed by atoms with Crippen LogP contribution in [0.1, 0.15) is 23.7 Å². The van der Waals surface area contributed by atoms with Gasteiger partial charge in [-0.3, -0.25) is 0 Å². The van der Waals surface area contributed by atoms with Gasteiger partial charge in [-0.25, -0.2) is 4.39 Å². The number of nitriles is 1. The maximum atomic E-state index is 13.1. The molecule has 0 aliphatic heterocycles. The van der Waals surface area contributed by atoms with E-state index >= 15 is 0 Å². The Kier molecular flexibility index (Phi) is 4.97. The largest absolute Gasteiger partial charge is 0.484 e. The Bertz CT molecular complexity index is 610. The van der Waals surface area contributed by atoms with E-state index in [0.29, 0.717) is 18.1 Å². The quantitative estimate of drug-likeness (QED) is 0.762. The molecule has 2 aromatic carbocycles. The number of alkyl halides is 1. The Morgan fingerprint density at radius 2 is 1.95 bits per heavy atom. The predicted octanol–water partition coefficient (Wildman–Crippen LogP) is 4.45. The van der Waals surface area contributed by atoms with Gasteiger partial charge >= 0.3 is 0 Å². The average molecular weight is 290 g/mol. The van der Waals surface area contributed by atoms with Gasteiger partial charge in [0.15, 0.2) is 0 Å². The molecule has 0 fully saturated rings. The normalized spacial score (nSPS) is 11.7. The maximum Gasteiger partial charge on any atom is 0.138 e. The minimum Gasteiger partial charge on any atom is -0.484 e. The molecule has 2 rings (SSSR count). The number of ether oxygens (including phenoxy) is 1. The highest BCUT2D eigenvalue weighted by Crippen LogP contribution is 2.28. The Morgan fingerprint density at radius 1 is 1.20 bits per heavy atom. The van der Waals surface area contributed by atoms with E-state index in [9.17, 15) is 4.39 Å². The van der Waals surface area contributed by atoms with Gasteiger partial charge in [-0.05, 0) is 23.8 Å². The second kappa shape index (κ2) is 6.93. The number of nitrogens with zero attached hydrogens (tertiary/aromatic N) is 1. The molecule has 0 aliphatic rings. The minimum atomic E-state index is -0.456. The fraction of sp³-hybridized carbons (Fsp3) is 0.188. The third-order valence-electron chi connectivity index (χ3n) is 2.87. The fourth-order valence-electron chi connectivity index (χ4n) is 1.91. The SMILES string of the molecule is N#Cc1cc(F)ccc1O[C@H](CCCl)c1ccccc1. The number of hydrogen-bond donors (Lipinski definition) is 0. The van der Waals surface area contributed by atoms with Gasteiger partial charge in [-0.2, -0.15) is 5.26 Å². The minimum absolute atomic E-state index is 0.181. The molecule has 1 atom stereocenters. The van der Waals surface area contributed by atoms with Crippen molar-refractivity contribution in [1.29, 1.82) is 5.26 Å². The van der Waals surface area contributed by atoms with Crippen LogP contribution in [0.15, 0.2) is 48.5 Å². The highest BCUT2D eigenvalue weighted by atomic mass is 35.5. The van der Waals surface area contributed by atoms with E-state index in [1.165, 1.54) is 12.1 Å². The summed E-state index contributed by atoms with van der Waals surface area (Å²) >= 11 is 5.81. The molecule has 0 N–H and O–H groups in total. The van der Waals surface area contributed by atoms with Crippen LogP contribution in [-0.4, -0.2) is 5.88 Å². The van der Waals surface area contributed by atoms with Crippen molar-refractivity contribution in [3.63, 3.8) is 0 Å². The molecule has 0 amide bonds. The number of hydrogen-bond acceptors (Lipinski definition) is 2. The van der Waals surface area contributed by atoms with E-state index < -0.39 is 5.82 Å². The van der Waals surface area contributed by atoms with Crippen LogP contribution < -0.4 is 4.74 Å². The van der Waals surface area contributed by atoms with E-state index in [2.05, 4.69) is 0 Å². The van der Waals surface area contributed by atoms with Crippen molar-refractivity contribution in [2.45, 2.75) is 12.5 Å². The first-order valence-corrected chi connectivity index (χ1v) is 6.75. The van der Waals surface area contributed by atoms with Crippen molar-refractivity contribution < 1.29 is 9.13 Å². The van der Waals surface area contributed by atoms with E-state index in [0.717, 1.165) is 11.6 Å². The molecule has 2 nitrogen and oxygen atoms in total. The third-order valence-corrected chi connectivity index (χ3v) is 3.09. The van der Waals surface area contributed by atoms with Crippen molar-refractivity contribution >= 4 is 11.6 Å². The van der Waals surface area contributed by atoms with Crippen molar-refractivity contribution in [1.82, 2.24) is 0 Å². The first-order chi connectivity index (χ1) is 9.74. The second-order valence-electron chi connectivity index (χ2n) is 4.25. The van der Waals surface area contributed by atoms with Gasteiger partial charge in [0.25, 0.3) is 0 Å². The highest BCUT2D eigenvalue weighted by molar-refractivity contribution is 6.17. The molecule has 0 saturated carbocycles. The summed E-state index contributed by atoms with van der Waals surface area (Å²) in [6.45, 7) is 0. The van der Waals surface area contributed by atoms with Gasteiger partial charge in [-0.1, -0.05) is 30.3 Å². The van der Waals surface area contributed by atoms with E-state index in [1.807, 2.05) is 36.4 Å². The lowest BCUT2D eigenvalue weighted by molar-refractivity contribution is 0.201. The number of benzene rings is 2. The van der Waals surface area contributed by atoms with Gasteiger partial charge in [0.1, 0.15) is 23.7 Å². The van der Waals surface area contributed by atoms with Crippen LogP contribution >= 0.6 is 11.6 Å². The van der Waals surface area contributed by atoms with Crippen LogP contribution in [0.5, 0.6) is 5.75 Å². The van der Waals surface area contributed by atoms with Crippen LogP contribution in [0.4, 0.5) is 4.39 Å². The number of rotatable bonds is 5. The molecule has 0 saturated heterocycles. The summed E-state index contributed by atoms with van der Waals surface area (Å²) in [5, 5.41) is 9.03. The van der Waals surface area contributed by atoms with E-state index in [1.54, 1.807) is 0 Å². The smallest absolute Gasteiger partial charge is 0.138 e. The van der Waals surface area contributed by atoms with Crippen LogP contribution in [0.25, 0.3) is 0 Å². The zero-order chi connectivity index (χ0) is 14.4. The molecular formula is C16H13ClFNO. The highest BCUT2D eigenvalue weighted by Gasteiger charge is 2.15. The van der Waals surface area contributed by atoms with Crippen LogP contribution in [-0.2, 0) is 0 Å². The lowest BCUT2D eigenvalue weighted by atomic mass is 10.1. The summed E-state index contributed by atoms with van der Waals surface area (Å²) < 4.78 is 19.0. The molecule has 0 bridgehead atoms. The molecule has 102 valence electrons. The van der Waals surface area contributed by atoms with Gasteiger partial charge in [0.05, 0.1) is 5.56 Å². The fourth-order valence-corrected chi connectivity index (χ4v) is 2.10. The Hall–Kier alpha value is -2.05. The monoisotopic (exact) mass is 289 g/mol. The van der Waals surface area contributed by atoms with Crippen molar-refractivity contribution in [2.75, 3.05) is 5.88 Å². The predicted molar refractivity (Wildman–Crippen MR) is 76.3 cm³/mol. The van der Waals surface area contributed by atoms with E-state index in [4.69, 9.17) is 21.6 Å². The molecular weight excluding hydrogens is 277 g/mol. The first kappa shape index (κ1) is 14.4. The lowest BCUT2D eigenvalue weighted by Gasteiger charge is -2.19. The summed E-state index contributed by atoms with van der Waals surface area (Å²) in [5.41, 5.74) is 1.15. The van der Waals surface area contributed by atoms with Gasteiger partial charge in [0, 0.05) is 12.3 Å². The zero-order valence-electron chi connectivity index (χ0n) is 10.7. The van der Waals surface area contributed by atoms with Crippen LogP contribution in [0.2, 0.25) is 0 Å². The third kappa shape index (κ3) is 3.49. The molecule has 0 spiro atoms. The molecule has 0 heterocycles. The van der Waals surface area contributed by atoms with Gasteiger partial charge < -0.3 is 4.74 Å². The van der Waals surface area contributed by atoms with Gasteiger partial charge in [-0.15, -0.1) is 11.6 Å². The standard InChI is InChI=1S/C16H13ClFNO/c17-9-8-16(12-4-2-1-3-5-12)20-15-7-6-14(18)10-13(15)11-19/h1-7,10,16H,8-9H2/t16-/m1/s1. The second-order valence-corrected chi connectivity index (χ2v) is 4.63. The Balaban J connectivity index is 2.27. The molecule has 0 aromatic heterocycles. The molecule has 0 aliphatic carbocycles. The topological polar surface area (TPSA) is 33.0 Å². The number of halogens is 2.